The Morgan fingerprint density at radius 2 is 1.80 bits per heavy atom. The van der Waals surface area contributed by atoms with Crippen molar-refractivity contribution in [2.75, 3.05) is 13.1 Å². The number of benzene rings is 1. The minimum Gasteiger partial charge on any atom is -0.351 e. The molecule has 3 rings (SSSR count). The minimum absolute atomic E-state index is 0.157. The highest BCUT2D eigenvalue weighted by molar-refractivity contribution is 7.91. The molecule has 0 unspecified atom stereocenters. The third kappa shape index (κ3) is 4.45. The van der Waals surface area contributed by atoms with Gasteiger partial charge in [-0.2, -0.15) is 4.31 Å². The molecule has 0 saturated carbocycles. The molecule has 0 radical (unpaired) electrons. The van der Waals surface area contributed by atoms with Gasteiger partial charge in [0.2, 0.25) is 5.91 Å². The highest BCUT2D eigenvalue weighted by Gasteiger charge is 2.28. The summed E-state index contributed by atoms with van der Waals surface area (Å²) in [6, 6.07) is 9.10. The van der Waals surface area contributed by atoms with E-state index in [-0.39, 0.29) is 24.7 Å². The van der Waals surface area contributed by atoms with Crippen LogP contribution in [0.15, 0.2) is 40.6 Å². The number of rotatable bonds is 6. The molecule has 1 aromatic heterocycles. The van der Waals surface area contributed by atoms with E-state index < -0.39 is 10.0 Å². The molecule has 0 aliphatic carbocycles. The van der Waals surface area contributed by atoms with Crippen LogP contribution >= 0.6 is 11.3 Å². The summed E-state index contributed by atoms with van der Waals surface area (Å²) < 4.78 is 39.6. The molecule has 1 aliphatic rings. The normalized spacial score (nSPS) is 15.4. The SMILES string of the molecule is O=C(Cc1ccc(F)cc1)NCc1ccc(S(=O)(=O)N2CCCC2)s1. The van der Waals surface area contributed by atoms with Crippen molar-refractivity contribution in [1.82, 2.24) is 9.62 Å². The second-order valence-corrected chi connectivity index (χ2v) is 9.25. The number of carbonyl (C=O) groups excluding carboxylic acids is 1. The van der Waals surface area contributed by atoms with Crippen molar-refractivity contribution in [2.24, 2.45) is 0 Å². The molecule has 0 bridgehead atoms. The molecule has 2 aromatic rings. The summed E-state index contributed by atoms with van der Waals surface area (Å²) >= 11 is 1.18. The number of halogens is 1. The number of nitrogens with zero attached hydrogens (tertiary/aromatic N) is 1. The van der Waals surface area contributed by atoms with Gasteiger partial charge in [0, 0.05) is 18.0 Å². The standard InChI is InChI=1S/C17H19FN2O3S2/c18-14-5-3-13(4-6-14)11-16(21)19-12-15-7-8-17(24-15)25(22,23)20-9-1-2-10-20/h3-8H,1-2,9-12H2,(H,19,21). The molecule has 5 nitrogen and oxygen atoms in total. The number of carbonyl (C=O) groups is 1. The van der Waals surface area contributed by atoms with Gasteiger partial charge in [-0.05, 0) is 42.7 Å². The quantitative estimate of drug-likeness (QED) is 0.835. The fraction of sp³-hybridized carbons (Fsp3) is 0.353. The van der Waals surface area contributed by atoms with E-state index in [4.69, 9.17) is 0 Å². The van der Waals surface area contributed by atoms with Crippen molar-refractivity contribution in [3.63, 3.8) is 0 Å². The van der Waals surface area contributed by atoms with Gasteiger partial charge < -0.3 is 5.32 Å². The van der Waals surface area contributed by atoms with Gasteiger partial charge in [0.25, 0.3) is 10.0 Å². The van der Waals surface area contributed by atoms with Gasteiger partial charge in [-0.25, -0.2) is 12.8 Å². The predicted octanol–water partition coefficient (Wildman–Crippen LogP) is 2.53. The lowest BCUT2D eigenvalue weighted by atomic mass is 10.1. The fourth-order valence-corrected chi connectivity index (χ4v) is 5.65. The number of hydrogen-bond acceptors (Lipinski definition) is 4. The van der Waals surface area contributed by atoms with Crippen LogP contribution in [-0.2, 0) is 27.8 Å². The Balaban J connectivity index is 1.56. The number of thiophene rings is 1. The molecule has 1 aromatic carbocycles. The summed E-state index contributed by atoms with van der Waals surface area (Å²) in [4.78, 5) is 12.7. The van der Waals surface area contributed by atoms with Crippen LogP contribution < -0.4 is 5.32 Å². The topological polar surface area (TPSA) is 66.5 Å². The minimum atomic E-state index is -3.41. The van der Waals surface area contributed by atoms with E-state index in [0.717, 1.165) is 23.3 Å². The smallest absolute Gasteiger partial charge is 0.252 e. The second kappa shape index (κ2) is 7.63. The van der Waals surface area contributed by atoms with E-state index in [1.165, 1.54) is 27.8 Å². The molecule has 0 spiro atoms. The average molecular weight is 382 g/mol. The van der Waals surface area contributed by atoms with Crippen molar-refractivity contribution in [2.45, 2.75) is 30.0 Å². The first-order chi connectivity index (χ1) is 11.9. The first kappa shape index (κ1) is 18.0. The summed E-state index contributed by atoms with van der Waals surface area (Å²) in [5, 5.41) is 2.77. The number of hydrogen-bond donors (Lipinski definition) is 1. The van der Waals surface area contributed by atoms with Crippen LogP contribution in [0.4, 0.5) is 4.39 Å². The van der Waals surface area contributed by atoms with Crippen LogP contribution in [0.3, 0.4) is 0 Å². The zero-order valence-electron chi connectivity index (χ0n) is 13.6. The van der Waals surface area contributed by atoms with Crippen molar-refractivity contribution in [3.05, 3.63) is 52.7 Å². The van der Waals surface area contributed by atoms with Crippen molar-refractivity contribution in [3.8, 4) is 0 Å². The predicted molar refractivity (Wildman–Crippen MR) is 94.3 cm³/mol. The van der Waals surface area contributed by atoms with Gasteiger partial charge in [0.05, 0.1) is 13.0 Å². The van der Waals surface area contributed by atoms with Gasteiger partial charge in [0.15, 0.2) is 0 Å². The van der Waals surface area contributed by atoms with E-state index in [2.05, 4.69) is 5.32 Å². The molecule has 0 atom stereocenters. The van der Waals surface area contributed by atoms with E-state index in [0.29, 0.717) is 17.3 Å². The molecular weight excluding hydrogens is 363 g/mol. The highest BCUT2D eigenvalue weighted by atomic mass is 32.2. The molecule has 1 amide bonds. The molecule has 1 N–H and O–H groups in total. The molecule has 2 heterocycles. The lowest BCUT2D eigenvalue weighted by molar-refractivity contribution is -0.120. The van der Waals surface area contributed by atoms with Gasteiger partial charge in [0.1, 0.15) is 10.0 Å². The Kier molecular flexibility index (Phi) is 5.51. The lowest BCUT2D eigenvalue weighted by Gasteiger charge is -2.13. The highest BCUT2D eigenvalue weighted by Crippen LogP contribution is 2.27. The number of sulfonamides is 1. The van der Waals surface area contributed by atoms with E-state index in [1.54, 1.807) is 24.3 Å². The van der Waals surface area contributed by atoms with Crippen LogP contribution in [0.5, 0.6) is 0 Å². The Morgan fingerprint density at radius 1 is 1.12 bits per heavy atom. The van der Waals surface area contributed by atoms with Crippen LogP contribution in [0.25, 0.3) is 0 Å². The van der Waals surface area contributed by atoms with Gasteiger partial charge >= 0.3 is 0 Å². The third-order valence-electron chi connectivity index (χ3n) is 4.03. The van der Waals surface area contributed by atoms with Crippen molar-refractivity contribution < 1.29 is 17.6 Å². The average Bonchev–Trinajstić information content (AvgIpc) is 3.27. The monoisotopic (exact) mass is 382 g/mol. The van der Waals surface area contributed by atoms with E-state index in [1.807, 2.05) is 0 Å². The largest absolute Gasteiger partial charge is 0.351 e. The Labute approximate surface area is 150 Å². The van der Waals surface area contributed by atoms with Crippen LogP contribution in [-0.4, -0.2) is 31.7 Å². The summed E-state index contributed by atoms with van der Waals surface area (Å²) in [7, 11) is -3.41. The van der Waals surface area contributed by atoms with E-state index in [9.17, 15) is 17.6 Å². The number of nitrogens with one attached hydrogen (secondary N) is 1. The zero-order chi connectivity index (χ0) is 17.9. The summed E-state index contributed by atoms with van der Waals surface area (Å²) in [6.07, 6.45) is 1.96. The molecule has 25 heavy (non-hydrogen) atoms. The Bertz CT molecular complexity index is 841. The molecule has 1 aliphatic heterocycles. The van der Waals surface area contributed by atoms with Crippen LogP contribution in [0.1, 0.15) is 23.3 Å². The molecule has 1 fully saturated rings. The summed E-state index contributed by atoms with van der Waals surface area (Å²) in [5.74, 6) is -0.529. The molecular formula is C17H19FN2O3S2. The van der Waals surface area contributed by atoms with Gasteiger partial charge in [-0.3, -0.25) is 4.79 Å². The Hall–Kier alpha value is -1.77. The fourth-order valence-electron chi connectivity index (χ4n) is 2.68. The van der Waals surface area contributed by atoms with Crippen LogP contribution in [0.2, 0.25) is 0 Å². The summed E-state index contributed by atoms with van der Waals surface area (Å²) in [6.45, 7) is 1.42. The molecule has 134 valence electrons. The first-order valence-electron chi connectivity index (χ1n) is 8.05. The first-order valence-corrected chi connectivity index (χ1v) is 10.3. The molecule has 1 saturated heterocycles. The third-order valence-corrected chi connectivity index (χ3v) is 7.49. The van der Waals surface area contributed by atoms with Crippen LogP contribution in [0, 0.1) is 5.82 Å². The van der Waals surface area contributed by atoms with Gasteiger partial charge in [-0.1, -0.05) is 12.1 Å². The van der Waals surface area contributed by atoms with Gasteiger partial charge in [-0.15, -0.1) is 11.3 Å². The number of amides is 1. The van der Waals surface area contributed by atoms with Crippen molar-refractivity contribution >= 4 is 27.3 Å². The molecule has 8 heteroatoms. The summed E-state index contributed by atoms with van der Waals surface area (Å²) in [5.41, 5.74) is 0.724. The second-order valence-electron chi connectivity index (χ2n) is 5.91. The Morgan fingerprint density at radius 3 is 2.48 bits per heavy atom. The van der Waals surface area contributed by atoms with E-state index >= 15 is 0 Å². The lowest BCUT2D eigenvalue weighted by Crippen LogP contribution is -2.27. The zero-order valence-corrected chi connectivity index (χ0v) is 15.2. The maximum atomic E-state index is 12.9. The maximum absolute atomic E-state index is 12.9. The maximum Gasteiger partial charge on any atom is 0.252 e. The van der Waals surface area contributed by atoms with Crippen molar-refractivity contribution in [1.29, 1.82) is 0 Å².